The topological polar surface area (TPSA) is 47.6 Å². The Bertz CT molecular complexity index is 609. The van der Waals surface area contributed by atoms with Crippen molar-refractivity contribution in [3.8, 4) is 5.75 Å². The lowest BCUT2D eigenvalue weighted by Crippen LogP contribution is -2.12. The molecule has 1 heterocycles. The van der Waals surface area contributed by atoms with Crippen LogP contribution in [0.2, 0.25) is 0 Å². The van der Waals surface area contributed by atoms with Crippen molar-refractivity contribution in [3.05, 3.63) is 42.0 Å². The second-order valence-corrected chi connectivity index (χ2v) is 4.18. The fourth-order valence-corrected chi connectivity index (χ4v) is 2.34. The van der Waals surface area contributed by atoms with Gasteiger partial charge in [-0.25, -0.2) is 4.79 Å². The van der Waals surface area contributed by atoms with E-state index in [4.69, 9.17) is 9.47 Å². The molecule has 0 radical (unpaired) electrons. The van der Waals surface area contributed by atoms with Crippen LogP contribution in [0.4, 0.5) is 4.79 Å². The van der Waals surface area contributed by atoms with E-state index in [1.54, 1.807) is 7.11 Å². The summed E-state index contributed by atoms with van der Waals surface area (Å²) in [6, 6.07) is 11.9. The Balaban J connectivity index is 2.20. The average molecular weight is 243 g/mol. The van der Waals surface area contributed by atoms with Gasteiger partial charge in [0.1, 0.15) is 5.75 Å². The van der Waals surface area contributed by atoms with Crippen molar-refractivity contribution in [1.82, 2.24) is 5.32 Å². The summed E-state index contributed by atoms with van der Waals surface area (Å²) < 4.78 is 10.6. The summed E-state index contributed by atoms with van der Waals surface area (Å²) in [6.07, 6.45) is -0.673. The maximum Gasteiger partial charge on any atom is 0.407 e. The molecular formula is C14H13NO3. The van der Waals surface area contributed by atoms with Crippen molar-refractivity contribution in [3.63, 3.8) is 0 Å². The van der Waals surface area contributed by atoms with Crippen LogP contribution in [-0.4, -0.2) is 19.7 Å². The average Bonchev–Trinajstić information content (AvgIpc) is 2.83. The maximum absolute atomic E-state index is 11.2. The predicted molar refractivity (Wildman–Crippen MR) is 67.7 cm³/mol. The lowest BCUT2D eigenvalue weighted by Gasteiger charge is -2.15. The zero-order valence-corrected chi connectivity index (χ0v) is 9.97. The summed E-state index contributed by atoms with van der Waals surface area (Å²) in [7, 11) is 1.62. The summed E-state index contributed by atoms with van der Waals surface area (Å²) in [5.74, 6) is 0.746. The standard InChI is InChI=1S/C14H13NO3/c1-17-11-7-6-9-4-2-3-5-10(9)13(11)12-8-15-14(16)18-12/h2-7,12H,8H2,1H3,(H,15,16). The zero-order chi connectivity index (χ0) is 12.5. The highest BCUT2D eigenvalue weighted by molar-refractivity contribution is 5.88. The van der Waals surface area contributed by atoms with Crippen LogP contribution in [0, 0.1) is 0 Å². The third kappa shape index (κ3) is 1.66. The molecule has 0 spiro atoms. The van der Waals surface area contributed by atoms with Crippen molar-refractivity contribution < 1.29 is 14.3 Å². The SMILES string of the molecule is COc1ccc2ccccc2c1C1CNC(=O)O1. The van der Waals surface area contributed by atoms with Crippen molar-refractivity contribution in [2.75, 3.05) is 13.7 Å². The summed E-state index contributed by atoms with van der Waals surface area (Å²) in [5.41, 5.74) is 0.925. The third-order valence-electron chi connectivity index (χ3n) is 3.15. The van der Waals surface area contributed by atoms with Gasteiger partial charge in [0, 0.05) is 5.56 Å². The van der Waals surface area contributed by atoms with Crippen LogP contribution in [0.15, 0.2) is 36.4 Å². The number of rotatable bonds is 2. The summed E-state index contributed by atoms with van der Waals surface area (Å²) >= 11 is 0. The molecule has 18 heavy (non-hydrogen) atoms. The van der Waals surface area contributed by atoms with Crippen LogP contribution >= 0.6 is 0 Å². The Labute approximate surface area is 105 Å². The van der Waals surface area contributed by atoms with Gasteiger partial charge in [-0.15, -0.1) is 0 Å². The minimum Gasteiger partial charge on any atom is -0.496 e. The monoisotopic (exact) mass is 243 g/mol. The highest BCUT2D eigenvalue weighted by atomic mass is 16.6. The first kappa shape index (κ1) is 10.9. The Kier molecular flexibility index (Phi) is 2.55. The molecule has 1 saturated heterocycles. The number of carbonyl (C=O) groups excluding carboxylic acids is 1. The number of amides is 1. The van der Waals surface area contributed by atoms with Crippen LogP contribution in [0.3, 0.4) is 0 Å². The van der Waals surface area contributed by atoms with Gasteiger partial charge in [-0.05, 0) is 16.8 Å². The van der Waals surface area contributed by atoms with Crippen LogP contribution in [0.1, 0.15) is 11.7 Å². The van der Waals surface area contributed by atoms with Gasteiger partial charge in [0.15, 0.2) is 6.10 Å². The number of ether oxygens (including phenoxy) is 2. The van der Waals surface area contributed by atoms with Crippen LogP contribution < -0.4 is 10.1 Å². The molecule has 4 heteroatoms. The summed E-state index contributed by atoms with van der Waals surface area (Å²) in [5, 5.41) is 4.83. The molecule has 3 rings (SSSR count). The lowest BCUT2D eigenvalue weighted by atomic mass is 9.99. The second-order valence-electron chi connectivity index (χ2n) is 4.18. The fourth-order valence-electron chi connectivity index (χ4n) is 2.34. The van der Waals surface area contributed by atoms with E-state index in [1.165, 1.54) is 0 Å². The Morgan fingerprint density at radius 1 is 1.28 bits per heavy atom. The molecular weight excluding hydrogens is 230 g/mol. The van der Waals surface area contributed by atoms with Crippen molar-refractivity contribution >= 4 is 16.9 Å². The fraction of sp³-hybridized carbons (Fsp3) is 0.214. The first-order chi connectivity index (χ1) is 8.79. The molecule has 1 amide bonds. The number of fused-ring (bicyclic) bond motifs is 1. The molecule has 92 valence electrons. The van der Waals surface area contributed by atoms with Crippen molar-refractivity contribution in [1.29, 1.82) is 0 Å². The Hall–Kier alpha value is -2.23. The summed E-state index contributed by atoms with van der Waals surface area (Å²) in [6.45, 7) is 0.475. The number of hydrogen-bond acceptors (Lipinski definition) is 3. The number of methoxy groups -OCH3 is 1. The number of nitrogens with one attached hydrogen (secondary N) is 1. The number of hydrogen-bond donors (Lipinski definition) is 1. The van der Waals surface area contributed by atoms with Gasteiger partial charge in [0.2, 0.25) is 0 Å². The first-order valence-corrected chi connectivity index (χ1v) is 5.79. The molecule has 0 saturated carbocycles. The molecule has 1 aliphatic heterocycles. The smallest absolute Gasteiger partial charge is 0.407 e. The van der Waals surface area contributed by atoms with Gasteiger partial charge in [0.05, 0.1) is 13.7 Å². The van der Waals surface area contributed by atoms with E-state index in [-0.39, 0.29) is 12.2 Å². The number of alkyl carbamates (subject to hydrolysis) is 1. The van der Waals surface area contributed by atoms with E-state index in [9.17, 15) is 4.79 Å². The Morgan fingerprint density at radius 2 is 2.11 bits per heavy atom. The normalized spacial score (nSPS) is 18.5. The molecule has 0 bridgehead atoms. The minimum absolute atomic E-state index is 0.293. The van der Waals surface area contributed by atoms with Crippen molar-refractivity contribution in [2.24, 2.45) is 0 Å². The predicted octanol–water partition coefficient (Wildman–Crippen LogP) is 2.63. The highest BCUT2D eigenvalue weighted by Crippen LogP contribution is 2.35. The van der Waals surface area contributed by atoms with E-state index < -0.39 is 0 Å². The van der Waals surface area contributed by atoms with E-state index >= 15 is 0 Å². The van der Waals surface area contributed by atoms with Gasteiger partial charge in [-0.3, -0.25) is 0 Å². The minimum atomic E-state index is -0.380. The number of carbonyl (C=O) groups is 1. The Morgan fingerprint density at radius 3 is 2.83 bits per heavy atom. The van der Waals surface area contributed by atoms with E-state index in [0.717, 1.165) is 22.1 Å². The highest BCUT2D eigenvalue weighted by Gasteiger charge is 2.28. The number of benzene rings is 2. The molecule has 1 unspecified atom stereocenters. The molecule has 4 nitrogen and oxygen atoms in total. The van der Waals surface area contributed by atoms with Gasteiger partial charge in [0.25, 0.3) is 0 Å². The second kappa shape index (κ2) is 4.22. The van der Waals surface area contributed by atoms with E-state index in [2.05, 4.69) is 5.32 Å². The zero-order valence-electron chi connectivity index (χ0n) is 9.97. The molecule has 2 aromatic rings. The molecule has 1 aliphatic rings. The van der Waals surface area contributed by atoms with E-state index in [0.29, 0.717) is 6.54 Å². The van der Waals surface area contributed by atoms with Crippen molar-refractivity contribution in [2.45, 2.75) is 6.10 Å². The van der Waals surface area contributed by atoms with Gasteiger partial charge in [-0.2, -0.15) is 0 Å². The molecule has 1 fully saturated rings. The largest absolute Gasteiger partial charge is 0.496 e. The van der Waals surface area contributed by atoms with Crippen LogP contribution in [0.25, 0.3) is 10.8 Å². The van der Waals surface area contributed by atoms with E-state index in [1.807, 2.05) is 36.4 Å². The first-order valence-electron chi connectivity index (χ1n) is 5.79. The maximum atomic E-state index is 11.2. The lowest BCUT2D eigenvalue weighted by molar-refractivity contribution is 0.140. The molecule has 1 N–H and O–H groups in total. The molecule has 0 aromatic heterocycles. The third-order valence-corrected chi connectivity index (χ3v) is 3.15. The van der Waals surface area contributed by atoms with Gasteiger partial charge >= 0.3 is 6.09 Å². The quantitative estimate of drug-likeness (QED) is 0.882. The van der Waals surface area contributed by atoms with Crippen LogP contribution in [0.5, 0.6) is 5.75 Å². The van der Waals surface area contributed by atoms with Gasteiger partial charge < -0.3 is 14.8 Å². The summed E-state index contributed by atoms with van der Waals surface area (Å²) in [4.78, 5) is 11.2. The number of cyclic esters (lactones) is 1. The molecule has 1 atom stereocenters. The van der Waals surface area contributed by atoms with Gasteiger partial charge in [-0.1, -0.05) is 30.3 Å². The molecule has 0 aliphatic carbocycles. The molecule has 2 aromatic carbocycles. The van der Waals surface area contributed by atoms with Crippen LogP contribution in [-0.2, 0) is 4.74 Å².